The third-order valence-corrected chi connectivity index (χ3v) is 2.94. The van der Waals surface area contributed by atoms with Crippen molar-refractivity contribution in [1.29, 1.82) is 0 Å². The number of rotatable bonds is 5. The summed E-state index contributed by atoms with van der Waals surface area (Å²) >= 11 is 0. The van der Waals surface area contributed by atoms with Gasteiger partial charge in [0.1, 0.15) is 5.69 Å². The van der Waals surface area contributed by atoms with E-state index in [1.165, 1.54) is 0 Å². The lowest BCUT2D eigenvalue weighted by Crippen LogP contribution is -2.19. The number of carboxylic acid groups (broad SMARTS) is 1. The Morgan fingerprint density at radius 1 is 1.40 bits per heavy atom. The Hall–Kier alpha value is -2.24. The molecule has 0 bridgehead atoms. The molecule has 0 unspecified atom stereocenters. The van der Waals surface area contributed by atoms with Crippen LogP contribution in [-0.4, -0.2) is 26.3 Å². The van der Waals surface area contributed by atoms with Crippen LogP contribution in [0.25, 0.3) is 11.6 Å². The summed E-state index contributed by atoms with van der Waals surface area (Å²) in [6.45, 7) is 5.63. The molecule has 0 spiro atoms. The van der Waals surface area contributed by atoms with Crippen molar-refractivity contribution in [2.75, 3.05) is 0 Å². The number of carboxylic acids is 1. The molecule has 0 radical (unpaired) electrons. The third kappa shape index (κ3) is 3.40. The molecule has 0 aliphatic rings. The molecule has 106 valence electrons. The average molecular weight is 275 g/mol. The smallest absolute Gasteiger partial charge is 0.303 e. The van der Waals surface area contributed by atoms with Crippen molar-refractivity contribution in [3.63, 3.8) is 0 Å². The minimum Gasteiger partial charge on any atom is -0.481 e. The molecular formula is C14H17N3O3. The molecule has 1 N–H and O–H groups in total. The van der Waals surface area contributed by atoms with E-state index in [1.807, 2.05) is 32.9 Å². The van der Waals surface area contributed by atoms with Gasteiger partial charge in [0, 0.05) is 12.6 Å². The van der Waals surface area contributed by atoms with Gasteiger partial charge in [-0.1, -0.05) is 19.9 Å². The fraction of sp³-hybridized carbons (Fsp3) is 0.429. The van der Waals surface area contributed by atoms with Gasteiger partial charge >= 0.3 is 5.97 Å². The highest BCUT2D eigenvalue weighted by Gasteiger charge is 2.25. The summed E-state index contributed by atoms with van der Waals surface area (Å²) in [5.41, 5.74) is 1.17. The SMILES string of the molecule is Cc1cccnc1-c1nnc(CC(C)(C)CC(=O)O)o1. The minimum atomic E-state index is -0.838. The molecule has 0 aromatic carbocycles. The van der Waals surface area contributed by atoms with Crippen molar-refractivity contribution in [1.82, 2.24) is 15.2 Å². The van der Waals surface area contributed by atoms with Crippen LogP contribution >= 0.6 is 0 Å². The zero-order valence-corrected chi connectivity index (χ0v) is 11.8. The molecule has 0 aliphatic carbocycles. The van der Waals surface area contributed by atoms with E-state index in [1.54, 1.807) is 6.20 Å². The molecule has 2 aromatic heterocycles. The van der Waals surface area contributed by atoms with E-state index in [2.05, 4.69) is 15.2 Å². The van der Waals surface area contributed by atoms with Crippen LogP contribution in [-0.2, 0) is 11.2 Å². The molecule has 0 amide bonds. The van der Waals surface area contributed by atoms with E-state index in [-0.39, 0.29) is 6.42 Å². The van der Waals surface area contributed by atoms with Gasteiger partial charge in [-0.2, -0.15) is 0 Å². The van der Waals surface area contributed by atoms with Gasteiger partial charge in [-0.15, -0.1) is 10.2 Å². The number of hydrogen-bond acceptors (Lipinski definition) is 5. The Morgan fingerprint density at radius 2 is 2.15 bits per heavy atom. The molecule has 20 heavy (non-hydrogen) atoms. The minimum absolute atomic E-state index is 0.0489. The summed E-state index contributed by atoms with van der Waals surface area (Å²) in [4.78, 5) is 15.0. The topological polar surface area (TPSA) is 89.1 Å². The first-order valence-electron chi connectivity index (χ1n) is 6.33. The van der Waals surface area contributed by atoms with Crippen LogP contribution in [0.5, 0.6) is 0 Å². The normalized spacial score (nSPS) is 11.6. The number of aromatic nitrogens is 3. The first-order valence-corrected chi connectivity index (χ1v) is 6.33. The number of aliphatic carboxylic acids is 1. The molecule has 0 saturated heterocycles. The van der Waals surface area contributed by atoms with Crippen LogP contribution in [0, 0.1) is 12.3 Å². The Labute approximate surface area is 116 Å². The van der Waals surface area contributed by atoms with Gasteiger partial charge in [0.05, 0.1) is 6.42 Å². The molecule has 2 heterocycles. The van der Waals surface area contributed by atoms with Crippen molar-refractivity contribution in [2.45, 2.75) is 33.6 Å². The standard InChI is InChI=1S/C14H17N3O3/c1-9-5-4-6-15-12(9)13-17-16-10(20-13)7-14(2,3)8-11(18)19/h4-6H,7-8H2,1-3H3,(H,18,19). The van der Waals surface area contributed by atoms with Crippen molar-refractivity contribution < 1.29 is 14.3 Å². The van der Waals surface area contributed by atoms with E-state index < -0.39 is 11.4 Å². The van der Waals surface area contributed by atoms with Crippen molar-refractivity contribution in [3.05, 3.63) is 29.8 Å². The van der Waals surface area contributed by atoms with Crippen LogP contribution in [0.3, 0.4) is 0 Å². The highest BCUT2D eigenvalue weighted by Crippen LogP contribution is 2.27. The van der Waals surface area contributed by atoms with Gasteiger partial charge in [-0.25, -0.2) is 0 Å². The van der Waals surface area contributed by atoms with Gasteiger partial charge in [-0.05, 0) is 24.0 Å². The van der Waals surface area contributed by atoms with Crippen LogP contribution in [0.15, 0.2) is 22.7 Å². The summed E-state index contributed by atoms with van der Waals surface area (Å²) < 4.78 is 5.59. The summed E-state index contributed by atoms with van der Waals surface area (Å²) in [6.07, 6.45) is 2.13. The van der Waals surface area contributed by atoms with Gasteiger partial charge in [-0.3, -0.25) is 9.78 Å². The fourth-order valence-electron chi connectivity index (χ4n) is 2.01. The quantitative estimate of drug-likeness (QED) is 0.901. The molecule has 6 heteroatoms. The Bertz CT molecular complexity index is 620. The largest absolute Gasteiger partial charge is 0.481 e. The molecular weight excluding hydrogens is 258 g/mol. The lowest BCUT2D eigenvalue weighted by Gasteiger charge is -2.19. The van der Waals surface area contributed by atoms with Gasteiger partial charge in [0.25, 0.3) is 5.89 Å². The molecule has 0 aliphatic heterocycles. The van der Waals surface area contributed by atoms with Gasteiger partial charge < -0.3 is 9.52 Å². The molecule has 2 aromatic rings. The van der Waals surface area contributed by atoms with Crippen molar-refractivity contribution in [3.8, 4) is 11.6 Å². The Morgan fingerprint density at radius 3 is 2.80 bits per heavy atom. The fourth-order valence-corrected chi connectivity index (χ4v) is 2.01. The van der Waals surface area contributed by atoms with E-state index in [4.69, 9.17) is 9.52 Å². The molecule has 0 atom stereocenters. The number of carbonyl (C=O) groups is 1. The number of aryl methyl sites for hydroxylation is 1. The van der Waals surface area contributed by atoms with E-state index >= 15 is 0 Å². The van der Waals surface area contributed by atoms with E-state index in [9.17, 15) is 4.79 Å². The summed E-state index contributed by atoms with van der Waals surface area (Å²) in [7, 11) is 0. The van der Waals surface area contributed by atoms with Crippen LogP contribution in [0.1, 0.15) is 31.7 Å². The Balaban J connectivity index is 2.18. The first kappa shape index (κ1) is 14.2. The monoisotopic (exact) mass is 275 g/mol. The first-order chi connectivity index (χ1) is 9.37. The van der Waals surface area contributed by atoms with Gasteiger partial charge in [0.2, 0.25) is 5.89 Å². The van der Waals surface area contributed by atoms with Gasteiger partial charge in [0.15, 0.2) is 0 Å². The van der Waals surface area contributed by atoms with E-state index in [0.29, 0.717) is 23.9 Å². The van der Waals surface area contributed by atoms with Crippen molar-refractivity contribution in [2.24, 2.45) is 5.41 Å². The number of pyridine rings is 1. The second-order valence-electron chi connectivity index (χ2n) is 5.58. The summed E-state index contributed by atoms with van der Waals surface area (Å²) in [5.74, 6) is -0.0455. The lowest BCUT2D eigenvalue weighted by atomic mass is 9.86. The predicted molar refractivity (Wildman–Crippen MR) is 72.0 cm³/mol. The maximum atomic E-state index is 10.8. The number of nitrogens with zero attached hydrogens (tertiary/aromatic N) is 3. The third-order valence-electron chi connectivity index (χ3n) is 2.94. The molecule has 2 rings (SSSR count). The second kappa shape index (κ2) is 5.40. The highest BCUT2D eigenvalue weighted by atomic mass is 16.4. The summed E-state index contributed by atoms with van der Waals surface area (Å²) in [5, 5.41) is 16.8. The zero-order valence-electron chi connectivity index (χ0n) is 11.8. The predicted octanol–water partition coefficient (Wildman–Crippen LogP) is 2.48. The lowest BCUT2D eigenvalue weighted by molar-refractivity contribution is -0.139. The summed E-state index contributed by atoms with van der Waals surface area (Å²) in [6, 6.07) is 3.76. The van der Waals surface area contributed by atoms with Crippen LogP contribution in [0.4, 0.5) is 0 Å². The van der Waals surface area contributed by atoms with E-state index in [0.717, 1.165) is 5.56 Å². The zero-order chi connectivity index (χ0) is 14.8. The van der Waals surface area contributed by atoms with Crippen LogP contribution < -0.4 is 0 Å². The average Bonchev–Trinajstić information content (AvgIpc) is 2.75. The molecule has 0 fully saturated rings. The molecule has 0 saturated carbocycles. The maximum absolute atomic E-state index is 10.8. The van der Waals surface area contributed by atoms with Crippen molar-refractivity contribution >= 4 is 5.97 Å². The Kier molecular flexibility index (Phi) is 3.83. The second-order valence-corrected chi connectivity index (χ2v) is 5.58. The highest BCUT2D eigenvalue weighted by molar-refractivity contribution is 5.67. The number of hydrogen-bond donors (Lipinski definition) is 1. The maximum Gasteiger partial charge on any atom is 0.303 e. The molecule has 6 nitrogen and oxygen atoms in total. The van der Waals surface area contributed by atoms with Crippen LogP contribution in [0.2, 0.25) is 0 Å².